The molecule has 0 spiro atoms. The first-order chi connectivity index (χ1) is 8.97. The second-order valence-corrected chi connectivity index (χ2v) is 5.35. The minimum atomic E-state index is -0.203. The fraction of sp³-hybridized carbons (Fsp3) is 0.308. The second-order valence-electron chi connectivity index (χ2n) is 4.43. The molecule has 0 aliphatic carbocycles. The molecule has 0 unspecified atom stereocenters. The van der Waals surface area contributed by atoms with E-state index in [-0.39, 0.29) is 37.2 Å². The molecule has 0 N–H and O–H groups in total. The molecule has 0 aromatic heterocycles. The summed E-state index contributed by atoms with van der Waals surface area (Å²) in [5.41, 5.74) is 0.522. The van der Waals surface area contributed by atoms with Crippen LogP contribution in [0.2, 0.25) is 0 Å². The van der Waals surface area contributed by atoms with Gasteiger partial charge >= 0.3 is 0 Å². The molecule has 1 saturated heterocycles. The molecule has 2 rings (SSSR count). The summed E-state index contributed by atoms with van der Waals surface area (Å²) >= 11 is 3.29. The molecule has 6 heteroatoms. The second kappa shape index (κ2) is 5.52. The lowest BCUT2D eigenvalue weighted by Gasteiger charge is -2.31. The van der Waals surface area contributed by atoms with Gasteiger partial charge < -0.3 is 9.80 Å². The molecule has 1 aromatic rings. The number of likely N-dealkylation sites (N-methyl/N-ethyl adjacent to an activating group) is 1. The Morgan fingerprint density at radius 1 is 1.26 bits per heavy atom. The third-order valence-corrected chi connectivity index (χ3v) is 3.45. The van der Waals surface area contributed by atoms with Gasteiger partial charge in [0.1, 0.15) is 6.54 Å². The average molecular weight is 325 g/mol. The molecule has 1 aromatic carbocycles. The summed E-state index contributed by atoms with van der Waals surface area (Å²) in [6.45, 7) is -0.0610. The first-order valence-corrected chi connectivity index (χ1v) is 6.57. The number of Topliss-reactive ketones (excluding diaryl/α,β-unsaturated/α-hetero) is 1. The third-order valence-electron chi connectivity index (χ3n) is 2.96. The summed E-state index contributed by atoms with van der Waals surface area (Å²) in [4.78, 5) is 38.0. The number of ketones is 1. The highest BCUT2D eigenvalue weighted by Crippen LogP contribution is 2.13. The molecule has 0 atom stereocenters. The van der Waals surface area contributed by atoms with Crippen LogP contribution in [-0.2, 0) is 9.59 Å². The fourth-order valence-corrected chi connectivity index (χ4v) is 2.23. The van der Waals surface area contributed by atoms with E-state index in [0.717, 1.165) is 4.47 Å². The molecule has 2 amide bonds. The smallest absolute Gasteiger partial charge is 0.243 e. The van der Waals surface area contributed by atoms with Crippen molar-refractivity contribution >= 4 is 33.5 Å². The highest BCUT2D eigenvalue weighted by atomic mass is 79.9. The Bertz CT molecular complexity index is 544. The highest BCUT2D eigenvalue weighted by molar-refractivity contribution is 9.10. The van der Waals surface area contributed by atoms with Gasteiger partial charge in [-0.1, -0.05) is 28.1 Å². The zero-order valence-corrected chi connectivity index (χ0v) is 12.0. The van der Waals surface area contributed by atoms with Gasteiger partial charge in [-0.25, -0.2) is 0 Å². The number of amides is 2. The van der Waals surface area contributed by atoms with Crippen LogP contribution in [-0.4, -0.2) is 54.1 Å². The van der Waals surface area contributed by atoms with Crippen molar-refractivity contribution in [2.75, 3.05) is 26.7 Å². The van der Waals surface area contributed by atoms with Crippen molar-refractivity contribution < 1.29 is 14.4 Å². The molecule has 0 radical (unpaired) electrons. The van der Waals surface area contributed by atoms with Crippen LogP contribution in [0.4, 0.5) is 0 Å². The van der Waals surface area contributed by atoms with E-state index in [4.69, 9.17) is 0 Å². The van der Waals surface area contributed by atoms with E-state index in [0.29, 0.717) is 5.56 Å². The van der Waals surface area contributed by atoms with Gasteiger partial charge in [-0.15, -0.1) is 0 Å². The Labute approximate surface area is 119 Å². The van der Waals surface area contributed by atoms with Crippen LogP contribution in [0.1, 0.15) is 10.4 Å². The first kappa shape index (κ1) is 13.7. The van der Waals surface area contributed by atoms with Crippen molar-refractivity contribution in [3.05, 3.63) is 34.3 Å². The van der Waals surface area contributed by atoms with Crippen LogP contribution in [0.3, 0.4) is 0 Å². The fourth-order valence-electron chi connectivity index (χ4n) is 1.83. The predicted molar refractivity (Wildman–Crippen MR) is 72.7 cm³/mol. The largest absolute Gasteiger partial charge is 0.335 e. The van der Waals surface area contributed by atoms with Gasteiger partial charge in [0.15, 0.2) is 5.78 Å². The van der Waals surface area contributed by atoms with E-state index in [1.165, 1.54) is 9.80 Å². The average Bonchev–Trinajstić information content (AvgIpc) is 2.36. The molecule has 1 fully saturated rings. The van der Waals surface area contributed by atoms with Crippen molar-refractivity contribution in [2.45, 2.75) is 0 Å². The van der Waals surface area contributed by atoms with Crippen LogP contribution in [0.15, 0.2) is 28.7 Å². The number of hydrogen-bond acceptors (Lipinski definition) is 3. The Morgan fingerprint density at radius 3 is 2.68 bits per heavy atom. The number of piperazine rings is 1. The molecular formula is C13H13BrN2O3. The normalized spacial score (nSPS) is 15.9. The summed E-state index contributed by atoms with van der Waals surface area (Å²) in [7, 11) is 1.58. The van der Waals surface area contributed by atoms with Gasteiger partial charge in [0, 0.05) is 17.1 Å². The van der Waals surface area contributed by atoms with E-state index in [1.807, 2.05) is 6.07 Å². The highest BCUT2D eigenvalue weighted by Gasteiger charge is 2.28. The maximum absolute atomic E-state index is 12.1. The predicted octanol–water partition coefficient (Wildman–Crippen LogP) is 0.932. The number of nitrogens with zero attached hydrogens (tertiary/aromatic N) is 2. The lowest BCUT2D eigenvalue weighted by Crippen LogP contribution is -2.53. The van der Waals surface area contributed by atoms with Crippen molar-refractivity contribution in [3.63, 3.8) is 0 Å². The van der Waals surface area contributed by atoms with Gasteiger partial charge in [-0.3, -0.25) is 14.4 Å². The maximum Gasteiger partial charge on any atom is 0.243 e. The quantitative estimate of drug-likeness (QED) is 0.777. The van der Waals surface area contributed by atoms with Crippen molar-refractivity contribution in [1.82, 2.24) is 9.80 Å². The number of benzene rings is 1. The zero-order valence-electron chi connectivity index (χ0n) is 10.4. The Kier molecular flexibility index (Phi) is 3.99. The van der Waals surface area contributed by atoms with Crippen LogP contribution >= 0.6 is 15.9 Å². The molecule has 19 heavy (non-hydrogen) atoms. The Balaban J connectivity index is 2.07. The lowest BCUT2D eigenvalue weighted by molar-refractivity contribution is -0.148. The molecule has 5 nitrogen and oxygen atoms in total. The topological polar surface area (TPSA) is 57.7 Å². The van der Waals surface area contributed by atoms with Crippen LogP contribution in [0.25, 0.3) is 0 Å². The van der Waals surface area contributed by atoms with Crippen LogP contribution < -0.4 is 0 Å². The monoisotopic (exact) mass is 324 g/mol. The maximum atomic E-state index is 12.1. The van der Waals surface area contributed by atoms with Crippen molar-refractivity contribution in [1.29, 1.82) is 0 Å². The third kappa shape index (κ3) is 3.20. The lowest BCUT2D eigenvalue weighted by atomic mass is 10.1. The van der Waals surface area contributed by atoms with Crippen molar-refractivity contribution in [3.8, 4) is 0 Å². The van der Waals surface area contributed by atoms with Gasteiger partial charge in [0.2, 0.25) is 11.8 Å². The number of halogens is 1. The molecule has 1 aliphatic heterocycles. The molecule has 0 saturated carbocycles. The first-order valence-electron chi connectivity index (χ1n) is 5.78. The standard InChI is InChI=1S/C13H13BrN2O3/c1-15-7-13(19)16(8-12(15)18)6-11(17)9-3-2-4-10(14)5-9/h2-5H,6-8H2,1H3. The van der Waals surface area contributed by atoms with Crippen molar-refractivity contribution in [2.24, 2.45) is 0 Å². The summed E-state index contributed by atoms with van der Waals surface area (Å²) < 4.78 is 0.805. The van der Waals surface area contributed by atoms with Gasteiger partial charge in [0.25, 0.3) is 0 Å². The molecule has 0 bridgehead atoms. The number of carbonyl (C=O) groups excluding carboxylic acids is 3. The summed E-state index contributed by atoms with van der Waals surface area (Å²) in [6.07, 6.45) is 0. The van der Waals surface area contributed by atoms with Gasteiger partial charge in [0.05, 0.1) is 13.1 Å². The van der Waals surface area contributed by atoms with Crippen LogP contribution in [0, 0.1) is 0 Å². The van der Waals surface area contributed by atoms with Gasteiger partial charge in [-0.05, 0) is 12.1 Å². The molecule has 100 valence electrons. The van der Waals surface area contributed by atoms with E-state index in [9.17, 15) is 14.4 Å². The van der Waals surface area contributed by atoms with Crippen LogP contribution in [0.5, 0.6) is 0 Å². The SMILES string of the molecule is CN1CC(=O)N(CC(=O)c2cccc(Br)c2)CC1=O. The van der Waals surface area contributed by atoms with Gasteiger partial charge in [-0.2, -0.15) is 0 Å². The van der Waals surface area contributed by atoms with E-state index < -0.39 is 0 Å². The number of hydrogen-bond donors (Lipinski definition) is 0. The number of carbonyl (C=O) groups is 3. The van der Waals surface area contributed by atoms with E-state index >= 15 is 0 Å². The summed E-state index contributed by atoms with van der Waals surface area (Å²) in [5, 5.41) is 0. The summed E-state index contributed by atoms with van der Waals surface area (Å²) in [5.74, 6) is -0.529. The number of rotatable bonds is 3. The van der Waals surface area contributed by atoms with E-state index in [2.05, 4.69) is 15.9 Å². The minimum absolute atomic E-state index is 0.0323. The minimum Gasteiger partial charge on any atom is -0.335 e. The summed E-state index contributed by atoms with van der Waals surface area (Å²) in [6, 6.07) is 6.97. The van der Waals surface area contributed by atoms with E-state index in [1.54, 1.807) is 25.2 Å². The molecule has 1 aliphatic rings. The Morgan fingerprint density at radius 2 is 2.00 bits per heavy atom. The zero-order chi connectivity index (χ0) is 14.0. The molecular weight excluding hydrogens is 312 g/mol. The molecule has 1 heterocycles. The Hall–Kier alpha value is -1.69.